The molecule has 0 radical (unpaired) electrons. The number of halogens is 1. The van der Waals surface area contributed by atoms with E-state index in [1.54, 1.807) is 30.7 Å². The number of benzene rings is 1. The van der Waals surface area contributed by atoms with Crippen molar-refractivity contribution in [2.24, 2.45) is 0 Å². The van der Waals surface area contributed by atoms with E-state index in [1.807, 2.05) is 6.07 Å². The molecule has 0 unspecified atom stereocenters. The molecule has 0 aliphatic rings. The molecule has 0 spiro atoms. The lowest BCUT2D eigenvalue weighted by atomic mass is 10.1. The summed E-state index contributed by atoms with van der Waals surface area (Å²) in [5, 5.41) is 12.1. The van der Waals surface area contributed by atoms with Crippen molar-refractivity contribution in [2.45, 2.75) is 6.54 Å². The number of anilines is 1. The number of hydrogen-bond donors (Lipinski definition) is 2. The Kier molecular flexibility index (Phi) is 3.49. The van der Waals surface area contributed by atoms with Crippen LogP contribution in [0.5, 0.6) is 0 Å². The van der Waals surface area contributed by atoms with Gasteiger partial charge < -0.3 is 14.8 Å². The second-order valence-corrected chi connectivity index (χ2v) is 4.40. The highest BCUT2D eigenvalue weighted by Crippen LogP contribution is 2.21. The maximum absolute atomic E-state index is 11.1. The lowest BCUT2D eigenvalue weighted by molar-refractivity contribution is 0.0698. The summed E-state index contributed by atoms with van der Waals surface area (Å²) in [6.45, 7) is 0.526. The van der Waals surface area contributed by atoms with E-state index in [0.29, 0.717) is 12.2 Å². The number of carbonyl (C=O) groups is 1. The summed E-state index contributed by atoms with van der Waals surface area (Å²) >= 11 is 3.25. The van der Waals surface area contributed by atoms with Crippen molar-refractivity contribution in [3.8, 4) is 0 Å². The molecule has 5 heteroatoms. The number of aromatic carboxylic acids is 1. The fourth-order valence-electron chi connectivity index (χ4n) is 1.44. The van der Waals surface area contributed by atoms with Crippen LogP contribution in [0.15, 0.2) is 45.7 Å². The lowest BCUT2D eigenvalue weighted by Crippen LogP contribution is -2.05. The van der Waals surface area contributed by atoms with Crippen LogP contribution in [0, 0.1) is 0 Å². The highest BCUT2D eigenvalue weighted by Gasteiger charge is 2.10. The van der Waals surface area contributed by atoms with E-state index in [2.05, 4.69) is 21.2 Å². The van der Waals surface area contributed by atoms with Gasteiger partial charge in [0.15, 0.2) is 0 Å². The second-order valence-electron chi connectivity index (χ2n) is 3.48. The van der Waals surface area contributed by atoms with Crippen molar-refractivity contribution < 1.29 is 14.3 Å². The molecule has 1 aromatic heterocycles. The first kappa shape index (κ1) is 11.7. The second kappa shape index (κ2) is 5.05. The molecule has 0 saturated heterocycles. The van der Waals surface area contributed by atoms with Crippen LogP contribution in [0.3, 0.4) is 0 Å². The van der Waals surface area contributed by atoms with Crippen molar-refractivity contribution in [1.82, 2.24) is 0 Å². The van der Waals surface area contributed by atoms with Crippen LogP contribution in [0.4, 0.5) is 5.69 Å². The number of furan rings is 1. The topological polar surface area (TPSA) is 62.5 Å². The smallest absolute Gasteiger partial charge is 0.337 e. The number of hydrogen-bond acceptors (Lipinski definition) is 3. The number of nitrogens with one attached hydrogen (secondary N) is 1. The largest absolute Gasteiger partial charge is 0.478 e. The predicted octanol–water partition coefficient (Wildman–Crippen LogP) is 3.35. The van der Waals surface area contributed by atoms with E-state index in [0.717, 1.165) is 10.0 Å². The number of carboxylic acid groups (broad SMARTS) is 1. The van der Waals surface area contributed by atoms with Crippen molar-refractivity contribution in [3.63, 3.8) is 0 Å². The van der Waals surface area contributed by atoms with Gasteiger partial charge >= 0.3 is 5.97 Å². The Bertz CT molecular complexity index is 523. The Balaban J connectivity index is 2.17. The van der Waals surface area contributed by atoms with E-state index < -0.39 is 5.97 Å². The molecule has 0 aliphatic heterocycles. The van der Waals surface area contributed by atoms with Gasteiger partial charge in [0.25, 0.3) is 0 Å². The molecule has 0 aliphatic carbocycles. The van der Waals surface area contributed by atoms with Gasteiger partial charge in [0, 0.05) is 22.3 Å². The fourth-order valence-corrected chi connectivity index (χ4v) is 1.80. The maximum atomic E-state index is 11.1. The van der Waals surface area contributed by atoms with Gasteiger partial charge in [-0.2, -0.15) is 0 Å². The summed E-state index contributed by atoms with van der Waals surface area (Å²) in [7, 11) is 0. The summed E-state index contributed by atoms with van der Waals surface area (Å²) < 4.78 is 5.68. The Hall–Kier alpha value is -1.75. The molecule has 17 heavy (non-hydrogen) atoms. The molecule has 2 aromatic rings. The Labute approximate surface area is 106 Å². The van der Waals surface area contributed by atoms with E-state index >= 15 is 0 Å². The summed E-state index contributed by atoms with van der Waals surface area (Å²) in [5.41, 5.74) is 1.79. The van der Waals surface area contributed by atoms with Gasteiger partial charge in [-0.25, -0.2) is 4.79 Å². The summed E-state index contributed by atoms with van der Waals surface area (Å²) in [4.78, 5) is 11.1. The van der Waals surface area contributed by atoms with Crippen LogP contribution in [0.25, 0.3) is 0 Å². The highest BCUT2D eigenvalue weighted by atomic mass is 79.9. The van der Waals surface area contributed by atoms with Crippen LogP contribution < -0.4 is 5.32 Å². The minimum atomic E-state index is -0.957. The first-order valence-electron chi connectivity index (χ1n) is 4.94. The number of carboxylic acids is 1. The van der Waals surface area contributed by atoms with Crippen LogP contribution >= 0.6 is 15.9 Å². The Morgan fingerprint density at radius 1 is 1.41 bits per heavy atom. The van der Waals surface area contributed by atoms with Gasteiger partial charge in [-0.05, 0) is 24.3 Å². The van der Waals surface area contributed by atoms with Gasteiger partial charge in [-0.15, -0.1) is 0 Å². The van der Waals surface area contributed by atoms with Gasteiger partial charge in [-0.1, -0.05) is 15.9 Å². The minimum Gasteiger partial charge on any atom is -0.478 e. The zero-order chi connectivity index (χ0) is 12.3. The minimum absolute atomic E-state index is 0.239. The molecule has 2 N–H and O–H groups in total. The molecular weight excluding hydrogens is 286 g/mol. The first-order chi connectivity index (χ1) is 8.16. The quantitative estimate of drug-likeness (QED) is 0.908. The summed E-state index contributed by atoms with van der Waals surface area (Å²) in [6.07, 6.45) is 3.20. The molecule has 88 valence electrons. The van der Waals surface area contributed by atoms with Crippen molar-refractivity contribution >= 4 is 27.6 Å². The third kappa shape index (κ3) is 2.88. The third-order valence-corrected chi connectivity index (χ3v) is 2.77. The van der Waals surface area contributed by atoms with Crippen LogP contribution in [0.2, 0.25) is 0 Å². The summed E-state index contributed by atoms with van der Waals surface area (Å²) in [5.74, 6) is -0.957. The van der Waals surface area contributed by atoms with E-state index in [-0.39, 0.29) is 5.56 Å². The molecule has 4 nitrogen and oxygen atoms in total. The molecule has 0 fully saturated rings. The van der Waals surface area contributed by atoms with E-state index in [1.165, 1.54) is 0 Å². The Morgan fingerprint density at radius 2 is 2.24 bits per heavy atom. The zero-order valence-electron chi connectivity index (χ0n) is 8.81. The SMILES string of the molecule is O=C(O)c1cc(Br)ccc1NCc1ccoc1. The van der Waals surface area contributed by atoms with Crippen LogP contribution in [0.1, 0.15) is 15.9 Å². The predicted molar refractivity (Wildman–Crippen MR) is 67.1 cm³/mol. The summed E-state index contributed by atoms with van der Waals surface area (Å²) in [6, 6.07) is 6.92. The normalized spacial score (nSPS) is 10.2. The van der Waals surface area contributed by atoms with Gasteiger partial charge in [0.05, 0.1) is 18.1 Å². The zero-order valence-corrected chi connectivity index (χ0v) is 10.4. The van der Waals surface area contributed by atoms with Gasteiger partial charge in [-0.3, -0.25) is 0 Å². The third-order valence-electron chi connectivity index (χ3n) is 2.28. The van der Waals surface area contributed by atoms with Gasteiger partial charge in [0.2, 0.25) is 0 Å². The molecule has 1 heterocycles. The molecular formula is C12H10BrNO3. The highest BCUT2D eigenvalue weighted by molar-refractivity contribution is 9.10. The lowest BCUT2D eigenvalue weighted by Gasteiger charge is -2.08. The molecule has 0 amide bonds. The molecule has 1 aromatic carbocycles. The molecule has 0 saturated carbocycles. The van der Waals surface area contributed by atoms with Crippen molar-refractivity contribution in [1.29, 1.82) is 0 Å². The van der Waals surface area contributed by atoms with Crippen molar-refractivity contribution in [2.75, 3.05) is 5.32 Å². The van der Waals surface area contributed by atoms with E-state index in [4.69, 9.17) is 9.52 Å². The standard InChI is InChI=1S/C12H10BrNO3/c13-9-1-2-11(10(5-9)12(15)16)14-6-8-3-4-17-7-8/h1-5,7,14H,6H2,(H,15,16). The van der Waals surface area contributed by atoms with Crippen LogP contribution in [-0.2, 0) is 6.54 Å². The van der Waals surface area contributed by atoms with E-state index in [9.17, 15) is 4.79 Å². The first-order valence-corrected chi connectivity index (χ1v) is 5.74. The Morgan fingerprint density at radius 3 is 2.88 bits per heavy atom. The number of rotatable bonds is 4. The van der Waals surface area contributed by atoms with Crippen LogP contribution in [-0.4, -0.2) is 11.1 Å². The molecule has 2 rings (SSSR count). The molecule has 0 bridgehead atoms. The van der Waals surface area contributed by atoms with Crippen molar-refractivity contribution in [3.05, 3.63) is 52.4 Å². The fraction of sp³-hybridized carbons (Fsp3) is 0.0833. The average Bonchev–Trinajstić information content (AvgIpc) is 2.80. The average molecular weight is 296 g/mol. The monoisotopic (exact) mass is 295 g/mol. The molecule has 0 atom stereocenters. The maximum Gasteiger partial charge on any atom is 0.337 e. The van der Waals surface area contributed by atoms with Gasteiger partial charge in [0.1, 0.15) is 0 Å².